The van der Waals surface area contributed by atoms with Gasteiger partial charge in [0.05, 0.1) is 19.3 Å². The number of likely N-dealkylation sites (N-methyl/N-ethyl adjacent to an activating group) is 1. The summed E-state index contributed by atoms with van der Waals surface area (Å²) >= 11 is 0. The monoisotopic (exact) mass is 131 g/mol. The number of hydrogen-bond donors (Lipinski definition) is 1. The lowest BCUT2D eigenvalue weighted by Crippen LogP contribution is -2.48. The van der Waals surface area contributed by atoms with Crippen LogP contribution in [0.15, 0.2) is 0 Å². The van der Waals surface area contributed by atoms with Crippen LogP contribution in [0.5, 0.6) is 0 Å². The number of aliphatic hydroxyl groups excluding tert-OH is 1. The van der Waals surface area contributed by atoms with Gasteiger partial charge in [0.15, 0.2) is 0 Å². The van der Waals surface area contributed by atoms with Gasteiger partial charge in [-0.1, -0.05) is 0 Å². The van der Waals surface area contributed by atoms with Gasteiger partial charge in [-0.25, -0.2) is 0 Å². The molecule has 3 heteroatoms. The van der Waals surface area contributed by atoms with Crippen LogP contribution in [0.2, 0.25) is 0 Å². The lowest BCUT2D eigenvalue weighted by Gasteiger charge is -2.37. The highest BCUT2D eigenvalue weighted by molar-refractivity contribution is 4.84. The Morgan fingerprint density at radius 2 is 2.22 bits per heavy atom. The van der Waals surface area contributed by atoms with E-state index in [2.05, 4.69) is 0 Å². The molecule has 1 N–H and O–H groups in total. The summed E-state index contributed by atoms with van der Waals surface area (Å²) in [5, 5.41) is 10.8. The molecule has 9 heavy (non-hydrogen) atoms. The van der Waals surface area contributed by atoms with Gasteiger partial charge >= 0.3 is 0 Å². The zero-order valence-electron chi connectivity index (χ0n) is 5.87. The van der Waals surface area contributed by atoms with E-state index in [0.29, 0.717) is 0 Å². The standard InChI is InChI=1S/C6H13NO2/c1-7(9-2)5-3-4-6(5)8/h5-6,8H,3-4H2,1-2H3/t5-,6-/m1/s1. The van der Waals surface area contributed by atoms with Crippen molar-refractivity contribution in [2.75, 3.05) is 14.2 Å². The van der Waals surface area contributed by atoms with Crippen LogP contribution in [0, 0.1) is 0 Å². The fraction of sp³-hybridized carbons (Fsp3) is 1.00. The van der Waals surface area contributed by atoms with E-state index in [1.54, 1.807) is 12.2 Å². The zero-order valence-corrected chi connectivity index (χ0v) is 5.87. The van der Waals surface area contributed by atoms with Crippen LogP contribution >= 0.6 is 0 Å². The molecule has 54 valence electrons. The highest BCUT2D eigenvalue weighted by atomic mass is 16.7. The Kier molecular flexibility index (Phi) is 2.05. The summed E-state index contributed by atoms with van der Waals surface area (Å²) in [6, 6.07) is 0.231. The molecule has 1 fully saturated rings. The molecule has 1 rings (SSSR count). The van der Waals surface area contributed by atoms with Gasteiger partial charge in [-0.2, -0.15) is 5.06 Å². The average molecular weight is 131 g/mol. The van der Waals surface area contributed by atoms with Crippen molar-refractivity contribution in [3.63, 3.8) is 0 Å². The maximum Gasteiger partial charge on any atom is 0.0719 e. The van der Waals surface area contributed by atoms with Gasteiger partial charge in [-0.05, 0) is 12.8 Å². The average Bonchev–Trinajstić information content (AvgIpc) is 1.84. The highest BCUT2D eigenvalue weighted by Crippen LogP contribution is 2.23. The third-order valence-electron chi connectivity index (χ3n) is 1.96. The largest absolute Gasteiger partial charge is 0.391 e. The van der Waals surface area contributed by atoms with Gasteiger partial charge in [0.25, 0.3) is 0 Å². The van der Waals surface area contributed by atoms with Crippen LogP contribution in [-0.2, 0) is 4.84 Å². The van der Waals surface area contributed by atoms with Crippen LogP contribution < -0.4 is 0 Å². The van der Waals surface area contributed by atoms with Gasteiger partial charge in [-0.3, -0.25) is 0 Å². The predicted molar refractivity (Wildman–Crippen MR) is 33.8 cm³/mol. The van der Waals surface area contributed by atoms with E-state index in [-0.39, 0.29) is 12.1 Å². The summed E-state index contributed by atoms with van der Waals surface area (Å²) in [6.45, 7) is 0. The van der Waals surface area contributed by atoms with Gasteiger partial charge in [-0.15, -0.1) is 0 Å². The molecule has 0 radical (unpaired) electrons. The number of rotatable bonds is 2. The summed E-state index contributed by atoms with van der Waals surface area (Å²) in [5.41, 5.74) is 0. The van der Waals surface area contributed by atoms with E-state index in [1.165, 1.54) is 0 Å². The van der Waals surface area contributed by atoms with Crippen molar-refractivity contribution in [3.8, 4) is 0 Å². The highest BCUT2D eigenvalue weighted by Gasteiger charge is 2.32. The first-order valence-corrected chi connectivity index (χ1v) is 3.20. The third kappa shape index (κ3) is 1.23. The Labute approximate surface area is 55.2 Å². The number of aliphatic hydroxyl groups is 1. The second kappa shape index (κ2) is 2.64. The molecule has 0 heterocycles. The lowest BCUT2D eigenvalue weighted by molar-refractivity contribution is -0.191. The minimum Gasteiger partial charge on any atom is -0.391 e. The Morgan fingerprint density at radius 3 is 2.33 bits per heavy atom. The number of hydroxylamine groups is 2. The lowest BCUT2D eigenvalue weighted by atomic mass is 9.89. The van der Waals surface area contributed by atoms with Gasteiger partial charge in [0.2, 0.25) is 0 Å². The first kappa shape index (κ1) is 6.99. The minimum absolute atomic E-state index is 0.171. The van der Waals surface area contributed by atoms with E-state index in [4.69, 9.17) is 9.94 Å². The van der Waals surface area contributed by atoms with Crippen molar-refractivity contribution < 1.29 is 9.94 Å². The minimum atomic E-state index is -0.171. The van der Waals surface area contributed by atoms with E-state index >= 15 is 0 Å². The number of nitrogens with zero attached hydrogens (tertiary/aromatic N) is 1. The molecule has 1 aliphatic rings. The summed E-state index contributed by atoms with van der Waals surface area (Å²) in [7, 11) is 3.46. The van der Waals surface area contributed by atoms with E-state index < -0.39 is 0 Å². The third-order valence-corrected chi connectivity index (χ3v) is 1.96. The van der Waals surface area contributed by atoms with Crippen molar-refractivity contribution in [3.05, 3.63) is 0 Å². The Hall–Kier alpha value is -0.120. The first-order chi connectivity index (χ1) is 4.25. The summed E-state index contributed by atoms with van der Waals surface area (Å²) in [5.74, 6) is 0. The Morgan fingerprint density at radius 1 is 1.56 bits per heavy atom. The van der Waals surface area contributed by atoms with Crippen LogP contribution in [-0.4, -0.2) is 36.5 Å². The fourth-order valence-corrected chi connectivity index (χ4v) is 1.02. The van der Waals surface area contributed by atoms with Crippen molar-refractivity contribution >= 4 is 0 Å². The second-order valence-electron chi connectivity index (χ2n) is 2.44. The van der Waals surface area contributed by atoms with Gasteiger partial charge in [0, 0.05) is 7.05 Å². The molecule has 1 aliphatic carbocycles. The first-order valence-electron chi connectivity index (χ1n) is 3.20. The fourth-order valence-electron chi connectivity index (χ4n) is 1.02. The molecular formula is C6H13NO2. The van der Waals surface area contributed by atoms with E-state index in [1.807, 2.05) is 7.05 Å². The topological polar surface area (TPSA) is 32.7 Å². The van der Waals surface area contributed by atoms with Gasteiger partial charge < -0.3 is 9.94 Å². The second-order valence-corrected chi connectivity index (χ2v) is 2.44. The summed E-state index contributed by atoms with van der Waals surface area (Å²) in [4.78, 5) is 4.90. The van der Waals surface area contributed by atoms with E-state index in [9.17, 15) is 0 Å². The Balaban J connectivity index is 2.25. The molecule has 1 saturated carbocycles. The van der Waals surface area contributed by atoms with Gasteiger partial charge in [0.1, 0.15) is 0 Å². The van der Waals surface area contributed by atoms with Crippen LogP contribution in [0.25, 0.3) is 0 Å². The molecule has 0 unspecified atom stereocenters. The molecule has 3 nitrogen and oxygen atoms in total. The maximum absolute atomic E-state index is 9.09. The van der Waals surface area contributed by atoms with Crippen molar-refractivity contribution in [1.82, 2.24) is 5.06 Å². The SMILES string of the molecule is CON(C)[C@@H]1CC[C@H]1O. The molecule has 2 atom stereocenters. The normalized spacial score (nSPS) is 34.7. The molecular weight excluding hydrogens is 118 g/mol. The van der Waals surface area contributed by atoms with Crippen molar-refractivity contribution in [2.24, 2.45) is 0 Å². The van der Waals surface area contributed by atoms with Crippen LogP contribution in [0.1, 0.15) is 12.8 Å². The molecule has 0 amide bonds. The predicted octanol–water partition coefficient (Wildman–Crippen LogP) is 0.00290. The van der Waals surface area contributed by atoms with Crippen molar-refractivity contribution in [2.45, 2.75) is 25.0 Å². The molecule has 0 aromatic carbocycles. The molecule has 0 aromatic heterocycles. The molecule has 0 saturated heterocycles. The zero-order chi connectivity index (χ0) is 6.85. The molecule has 0 spiro atoms. The molecule has 0 aromatic rings. The van der Waals surface area contributed by atoms with E-state index in [0.717, 1.165) is 12.8 Å². The maximum atomic E-state index is 9.09. The quantitative estimate of drug-likeness (QED) is 0.535. The Bertz CT molecular complexity index is 97.1. The number of hydrogen-bond acceptors (Lipinski definition) is 3. The molecule has 0 aliphatic heterocycles. The van der Waals surface area contributed by atoms with Crippen LogP contribution in [0.3, 0.4) is 0 Å². The molecule has 0 bridgehead atoms. The smallest absolute Gasteiger partial charge is 0.0719 e. The van der Waals surface area contributed by atoms with Crippen LogP contribution in [0.4, 0.5) is 0 Å². The van der Waals surface area contributed by atoms with Crippen molar-refractivity contribution in [1.29, 1.82) is 0 Å². The summed E-state index contributed by atoms with van der Waals surface area (Å²) in [6.07, 6.45) is 1.79. The summed E-state index contributed by atoms with van der Waals surface area (Å²) < 4.78 is 0.